The molecular weight excluding hydrogens is 148 g/mol. The molecule has 0 saturated heterocycles. The van der Waals surface area contributed by atoms with Crippen molar-refractivity contribution in [3.05, 3.63) is 0 Å². The number of hydrogen-bond donors (Lipinski definition) is 2. The first-order valence-electron chi connectivity index (χ1n) is 4.85. The molecule has 0 bridgehead atoms. The van der Waals surface area contributed by atoms with Gasteiger partial charge in [0.25, 0.3) is 0 Å². The third kappa shape index (κ3) is 1.80. The molecule has 1 rings (SSSR count). The highest BCUT2D eigenvalue weighted by Crippen LogP contribution is 2.44. The summed E-state index contributed by atoms with van der Waals surface area (Å²) in [5, 5.41) is 0. The zero-order chi connectivity index (χ0) is 9.41. The number of hydrogen-bond acceptors (Lipinski definition) is 2. The first kappa shape index (κ1) is 10.0. The Labute approximate surface area is 75.7 Å². The highest BCUT2D eigenvalue weighted by Gasteiger charge is 2.40. The Hall–Kier alpha value is -0.0800. The van der Waals surface area contributed by atoms with Crippen LogP contribution in [-0.4, -0.2) is 12.6 Å². The minimum Gasteiger partial charge on any atom is -0.330 e. The van der Waals surface area contributed by atoms with E-state index in [0.29, 0.717) is 11.5 Å². The average Bonchev–Trinajstić information content (AvgIpc) is 1.97. The van der Waals surface area contributed by atoms with E-state index in [1.165, 1.54) is 6.42 Å². The molecule has 0 spiro atoms. The van der Waals surface area contributed by atoms with Gasteiger partial charge in [0.1, 0.15) is 0 Å². The van der Waals surface area contributed by atoms with Crippen LogP contribution >= 0.6 is 0 Å². The fraction of sp³-hybridized carbons (Fsp3) is 1.00. The first-order valence-corrected chi connectivity index (χ1v) is 4.85. The Bertz CT molecular complexity index is 162. The van der Waals surface area contributed by atoms with E-state index in [-0.39, 0.29) is 5.41 Å². The summed E-state index contributed by atoms with van der Waals surface area (Å²) in [7, 11) is 0. The molecule has 4 N–H and O–H groups in total. The normalized spacial score (nSPS) is 41.2. The number of rotatable bonds is 1. The van der Waals surface area contributed by atoms with E-state index in [4.69, 9.17) is 11.5 Å². The third-order valence-corrected chi connectivity index (χ3v) is 3.44. The molecule has 0 aromatic heterocycles. The van der Waals surface area contributed by atoms with E-state index in [1.54, 1.807) is 0 Å². The quantitative estimate of drug-likeness (QED) is 0.626. The van der Waals surface area contributed by atoms with Crippen LogP contribution in [0.15, 0.2) is 0 Å². The first-order chi connectivity index (χ1) is 5.40. The lowest BCUT2D eigenvalue weighted by molar-refractivity contribution is 0.0838. The summed E-state index contributed by atoms with van der Waals surface area (Å²) in [5.74, 6) is 0. The van der Waals surface area contributed by atoms with Crippen LogP contribution in [0.5, 0.6) is 0 Å². The van der Waals surface area contributed by atoms with Gasteiger partial charge < -0.3 is 11.5 Å². The molecule has 2 heteroatoms. The molecule has 1 aliphatic carbocycles. The Balaban J connectivity index is 2.68. The van der Waals surface area contributed by atoms with Crippen LogP contribution < -0.4 is 11.5 Å². The summed E-state index contributed by atoms with van der Waals surface area (Å²) < 4.78 is 0. The minimum absolute atomic E-state index is 0.270. The van der Waals surface area contributed by atoms with Gasteiger partial charge in [-0.15, -0.1) is 0 Å². The molecule has 0 radical (unpaired) electrons. The second kappa shape index (κ2) is 3.00. The predicted octanol–water partition coefficient (Wildman–Crippen LogP) is 1.49. The maximum Gasteiger partial charge on any atom is 0.00907 e. The Morgan fingerprint density at radius 1 is 1.33 bits per heavy atom. The van der Waals surface area contributed by atoms with Crippen molar-refractivity contribution in [3.63, 3.8) is 0 Å². The van der Waals surface area contributed by atoms with Crippen LogP contribution in [0.25, 0.3) is 0 Å². The third-order valence-electron chi connectivity index (χ3n) is 3.44. The predicted molar refractivity (Wildman–Crippen MR) is 52.8 cm³/mol. The van der Waals surface area contributed by atoms with Gasteiger partial charge in [-0.2, -0.15) is 0 Å². The van der Waals surface area contributed by atoms with Crippen LogP contribution in [0.1, 0.15) is 40.0 Å². The fourth-order valence-electron chi connectivity index (χ4n) is 2.39. The zero-order valence-corrected chi connectivity index (χ0v) is 8.56. The van der Waals surface area contributed by atoms with Gasteiger partial charge in [-0.3, -0.25) is 0 Å². The molecule has 1 aliphatic rings. The summed E-state index contributed by atoms with van der Waals surface area (Å²) in [5.41, 5.74) is 12.4. The number of nitrogens with two attached hydrogens (primary N) is 2. The lowest BCUT2D eigenvalue weighted by Gasteiger charge is -2.46. The van der Waals surface area contributed by atoms with E-state index in [9.17, 15) is 0 Å². The van der Waals surface area contributed by atoms with Crippen LogP contribution in [0, 0.1) is 10.8 Å². The summed E-state index contributed by atoms with van der Waals surface area (Å²) in [6, 6.07) is 0.358. The van der Waals surface area contributed by atoms with Crippen molar-refractivity contribution in [1.82, 2.24) is 0 Å². The summed E-state index contributed by atoms with van der Waals surface area (Å²) in [6.45, 7) is 7.58. The van der Waals surface area contributed by atoms with Gasteiger partial charge in [-0.05, 0) is 36.6 Å². The van der Waals surface area contributed by atoms with E-state index < -0.39 is 0 Å². The van der Waals surface area contributed by atoms with Crippen molar-refractivity contribution in [2.75, 3.05) is 6.54 Å². The van der Waals surface area contributed by atoms with Gasteiger partial charge >= 0.3 is 0 Å². The molecule has 0 aromatic rings. The summed E-state index contributed by atoms with van der Waals surface area (Å²) in [4.78, 5) is 0. The maximum absolute atomic E-state index is 6.05. The van der Waals surface area contributed by atoms with Gasteiger partial charge in [-0.1, -0.05) is 20.8 Å². The molecule has 72 valence electrons. The molecule has 0 heterocycles. The van der Waals surface area contributed by atoms with Crippen LogP contribution in [0.4, 0.5) is 0 Å². The maximum atomic E-state index is 6.05. The molecule has 0 amide bonds. The van der Waals surface area contributed by atoms with Crippen molar-refractivity contribution in [2.45, 2.75) is 46.1 Å². The fourth-order valence-corrected chi connectivity index (χ4v) is 2.39. The second-order valence-electron chi connectivity index (χ2n) is 5.33. The van der Waals surface area contributed by atoms with Crippen LogP contribution in [-0.2, 0) is 0 Å². The van der Waals surface area contributed by atoms with Gasteiger partial charge in [0.2, 0.25) is 0 Å². The Morgan fingerprint density at radius 2 is 1.92 bits per heavy atom. The molecule has 2 nitrogen and oxygen atoms in total. The molecular formula is C10H22N2. The second-order valence-corrected chi connectivity index (χ2v) is 5.33. The monoisotopic (exact) mass is 170 g/mol. The molecule has 2 atom stereocenters. The SMILES string of the molecule is CC1(CN)CCC(N)C(C)(C)C1. The van der Waals surface area contributed by atoms with Gasteiger partial charge in [0.15, 0.2) is 0 Å². The summed E-state index contributed by atoms with van der Waals surface area (Å²) in [6.07, 6.45) is 3.48. The smallest absolute Gasteiger partial charge is 0.00907 e. The van der Waals surface area contributed by atoms with E-state index >= 15 is 0 Å². The molecule has 0 aromatic carbocycles. The molecule has 1 saturated carbocycles. The van der Waals surface area contributed by atoms with Gasteiger partial charge in [0, 0.05) is 6.04 Å². The Morgan fingerprint density at radius 3 is 2.33 bits per heavy atom. The van der Waals surface area contributed by atoms with Gasteiger partial charge in [0.05, 0.1) is 0 Å². The van der Waals surface area contributed by atoms with Crippen molar-refractivity contribution in [1.29, 1.82) is 0 Å². The average molecular weight is 170 g/mol. The summed E-state index contributed by atoms with van der Waals surface area (Å²) >= 11 is 0. The van der Waals surface area contributed by atoms with Gasteiger partial charge in [-0.25, -0.2) is 0 Å². The molecule has 1 fully saturated rings. The lowest BCUT2D eigenvalue weighted by Crippen LogP contribution is -2.48. The standard InChI is InChI=1S/C10H22N2/c1-9(2)6-10(3,7-11)5-4-8(9)12/h8H,4-7,11-12H2,1-3H3. The molecule has 12 heavy (non-hydrogen) atoms. The largest absolute Gasteiger partial charge is 0.330 e. The minimum atomic E-state index is 0.270. The van der Waals surface area contributed by atoms with E-state index in [1.807, 2.05) is 0 Å². The molecule has 2 unspecified atom stereocenters. The lowest BCUT2D eigenvalue weighted by atomic mass is 9.62. The van der Waals surface area contributed by atoms with Crippen LogP contribution in [0.2, 0.25) is 0 Å². The van der Waals surface area contributed by atoms with Crippen molar-refractivity contribution in [3.8, 4) is 0 Å². The van der Waals surface area contributed by atoms with E-state index in [0.717, 1.165) is 19.4 Å². The van der Waals surface area contributed by atoms with E-state index in [2.05, 4.69) is 20.8 Å². The van der Waals surface area contributed by atoms with Crippen LogP contribution in [0.3, 0.4) is 0 Å². The highest BCUT2D eigenvalue weighted by atomic mass is 14.7. The van der Waals surface area contributed by atoms with Crippen molar-refractivity contribution in [2.24, 2.45) is 22.3 Å². The van der Waals surface area contributed by atoms with Crippen molar-refractivity contribution >= 4 is 0 Å². The topological polar surface area (TPSA) is 52.0 Å². The molecule has 0 aliphatic heterocycles. The Kier molecular flexibility index (Phi) is 2.50. The zero-order valence-electron chi connectivity index (χ0n) is 8.56. The highest BCUT2D eigenvalue weighted by molar-refractivity contribution is 4.94. The van der Waals surface area contributed by atoms with Crippen molar-refractivity contribution < 1.29 is 0 Å².